The van der Waals surface area contributed by atoms with E-state index in [2.05, 4.69) is 10.5 Å². The molecule has 0 fully saturated rings. The Morgan fingerprint density at radius 1 is 1.27 bits per heavy atom. The predicted octanol–water partition coefficient (Wildman–Crippen LogP) is 1.55. The van der Waals surface area contributed by atoms with Crippen LogP contribution in [0.2, 0.25) is 0 Å². The van der Waals surface area contributed by atoms with Crippen LogP contribution in [0.5, 0.6) is 0 Å². The Bertz CT molecular complexity index is 749. The minimum Gasteiger partial charge on any atom is -0.359 e. The average Bonchev–Trinajstić information content (AvgIpc) is 2.80. The van der Waals surface area contributed by atoms with E-state index in [4.69, 9.17) is 4.52 Å². The van der Waals surface area contributed by atoms with E-state index in [1.54, 1.807) is 32.0 Å². The highest BCUT2D eigenvalue weighted by atomic mass is 32.2. The first kappa shape index (κ1) is 16.2. The van der Waals surface area contributed by atoms with Gasteiger partial charge in [-0.1, -0.05) is 23.4 Å². The molecule has 2 rings (SSSR count). The van der Waals surface area contributed by atoms with E-state index >= 15 is 0 Å². The van der Waals surface area contributed by atoms with E-state index in [0.717, 1.165) is 4.31 Å². The second-order valence-electron chi connectivity index (χ2n) is 4.82. The molecule has 0 aliphatic rings. The number of benzene rings is 1. The van der Waals surface area contributed by atoms with Crippen molar-refractivity contribution in [1.29, 1.82) is 0 Å². The Morgan fingerprint density at radius 2 is 1.91 bits per heavy atom. The summed E-state index contributed by atoms with van der Waals surface area (Å²) in [6.45, 7) is 3.05. The molecule has 22 heavy (non-hydrogen) atoms. The monoisotopic (exact) mass is 323 g/mol. The fraction of sp³-hybridized carbons (Fsp3) is 0.286. The summed E-state index contributed by atoms with van der Waals surface area (Å²) in [4.78, 5) is 12.2. The summed E-state index contributed by atoms with van der Waals surface area (Å²) in [6.07, 6.45) is 0. The number of aromatic nitrogens is 1. The average molecular weight is 323 g/mol. The molecule has 8 heteroatoms. The highest BCUT2D eigenvalue weighted by Gasteiger charge is 2.23. The highest BCUT2D eigenvalue weighted by Crippen LogP contribution is 2.19. The van der Waals surface area contributed by atoms with Crippen LogP contribution in [0.3, 0.4) is 0 Å². The van der Waals surface area contributed by atoms with Crippen molar-refractivity contribution in [3.63, 3.8) is 0 Å². The van der Waals surface area contributed by atoms with Gasteiger partial charge >= 0.3 is 0 Å². The molecular weight excluding hydrogens is 306 g/mol. The Balaban J connectivity index is 2.09. The summed E-state index contributed by atoms with van der Waals surface area (Å²) in [7, 11) is -2.34. The van der Waals surface area contributed by atoms with Gasteiger partial charge in [0.25, 0.3) is 0 Å². The minimum atomic E-state index is -3.70. The predicted molar refractivity (Wildman–Crippen MR) is 80.9 cm³/mol. The van der Waals surface area contributed by atoms with Gasteiger partial charge in [-0.2, -0.15) is 4.31 Å². The fourth-order valence-electron chi connectivity index (χ4n) is 1.90. The van der Waals surface area contributed by atoms with Crippen molar-refractivity contribution < 1.29 is 17.7 Å². The van der Waals surface area contributed by atoms with Crippen LogP contribution in [0.1, 0.15) is 11.5 Å². The van der Waals surface area contributed by atoms with Crippen LogP contribution >= 0.6 is 0 Å². The van der Waals surface area contributed by atoms with Gasteiger partial charge in [0.15, 0.2) is 5.76 Å². The largest absolute Gasteiger partial charge is 0.359 e. The number of carbonyl (C=O) groups excluding carboxylic acids is 1. The van der Waals surface area contributed by atoms with Crippen LogP contribution in [-0.4, -0.2) is 37.4 Å². The first-order valence-corrected chi connectivity index (χ1v) is 8.00. The summed E-state index contributed by atoms with van der Waals surface area (Å²) in [6, 6.07) is 7.95. The molecule has 2 aromatic rings. The summed E-state index contributed by atoms with van der Waals surface area (Å²) in [5.41, 5.74) is 1.01. The molecular formula is C14H17N3O4S. The van der Waals surface area contributed by atoms with Crippen LogP contribution < -0.4 is 5.32 Å². The van der Waals surface area contributed by atoms with Crippen molar-refractivity contribution in [1.82, 2.24) is 9.46 Å². The van der Waals surface area contributed by atoms with Gasteiger partial charge in [-0.15, -0.1) is 0 Å². The number of hydrogen-bond acceptors (Lipinski definition) is 5. The molecule has 1 heterocycles. The maximum absolute atomic E-state index is 12.3. The quantitative estimate of drug-likeness (QED) is 0.901. The van der Waals surface area contributed by atoms with Gasteiger partial charge in [-0.3, -0.25) is 4.79 Å². The van der Waals surface area contributed by atoms with Gasteiger partial charge in [0.1, 0.15) is 11.4 Å². The highest BCUT2D eigenvalue weighted by molar-refractivity contribution is 7.89. The van der Waals surface area contributed by atoms with Crippen molar-refractivity contribution in [2.24, 2.45) is 0 Å². The molecule has 1 aromatic heterocycles. The van der Waals surface area contributed by atoms with Crippen molar-refractivity contribution in [3.05, 3.63) is 41.8 Å². The lowest BCUT2D eigenvalue weighted by atomic mass is 10.3. The van der Waals surface area contributed by atoms with Crippen LogP contribution in [-0.2, 0) is 14.8 Å². The first-order chi connectivity index (χ1) is 10.3. The molecule has 0 atom stereocenters. The summed E-state index contributed by atoms with van der Waals surface area (Å²) in [5.74, 6) is 0.0100. The number of amides is 1. The Kier molecular flexibility index (Phi) is 4.62. The van der Waals surface area contributed by atoms with Gasteiger partial charge in [-0.05, 0) is 26.0 Å². The lowest BCUT2D eigenvalue weighted by Crippen LogP contribution is -2.35. The maximum Gasteiger partial charge on any atom is 0.243 e. The molecule has 7 nitrogen and oxygen atoms in total. The molecule has 118 valence electrons. The van der Waals surface area contributed by atoms with Crippen molar-refractivity contribution in [3.8, 4) is 0 Å². The molecule has 0 radical (unpaired) electrons. The standard InChI is InChI=1S/C14H17N3O4S/c1-10-14(11(2)21-16-10)15-13(18)9-17(3)22(19,20)12-7-5-4-6-8-12/h4-8H,9H2,1-3H3,(H,15,18). The molecule has 0 aliphatic heterocycles. The van der Waals surface area contributed by atoms with Crippen LogP contribution in [0, 0.1) is 13.8 Å². The number of nitrogens with one attached hydrogen (secondary N) is 1. The van der Waals surface area contributed by atoms with Crippen molar-refractivity contribution >= 4 is 21.6 Å². The van der Waals surface area contributed by atoms with E-state index in [0.29, 0.717) is 17.1 Å². The van der Waals surface area contributed by atoms with E-state index < -0.39 is 15.9 Å². The van der Waals surface area contributed by atoms with Crippen LogP contribution in [0.15, 0.2) is 39.8 Å². The number of anilines is 1. The molecule has 0 aliphatic carbocycles. The number of sulfonamides is 1. The third-order valence-electron chi connectivity index (χ3n) is 3.12. The van der Waals surface area contributed by atoms with Crippen molar-refractivity contribution in [2.75, 3.05) is 18.9 Å². The molecule has 0 spiro atoms. The zero-order valence-corrected chi connectivity index (χ0v) is 13.3. The SMILES string of the molecule is Cc1noc(C)c1NC(=O)CN(C)S(=O)(=O)c1ccccc1. The number of hydrogen-bond donors (Lipinski definition) is 1. The molecule has 1 aromatic carbocycles. The van der Waals surface area contributed by atoms with E-state index in [-0.39, 0.29) is 11.4 Å². The third-order valence-corrected chi connectivity index (χ3v) is 4.93. The van der Waals surface area contributed by atoms with E-state index in [9.17, 15) is 13.2 Å². The Labute approximate surface area is 129 Å². The van der Waals surface area contributed by atoms with Gasteiger partial charge in [0, 0.05) is 7.05 Å². The van der Waals surface area contributed by atoms with Crippen LogP contribution in [0.25, 0.3) is 0 Å². The Hall–Kier alpha value is -2.19. The second kappa shape index (κ2) is 6.29. The Morgan fingerprint density at radius 3 is 2.45 bits per heavy atom. The van der Waals surface area contributed by atoms with Crippen molar-refractivity contribution in [2.45, 2.75) is 18.7 Å². The fourth-order valence-corrected chi connectivity index (χ4v) is 3.05. The third kappa shape index (κ3) is 3.34. The maximum atomic E-state index is 12.3. The second-order valence-corrected chi connectivity index (χ2v) is 6.87. The van der Waals surface area contributed by atoms with E-state index in [1.165, 1.54) is 19.2 Å². The normalized spacial score (nSPS) is 11.6. The van der Waals surface area contributed by atoms with E-state index in [1.807, 2.05) is 0 Å². The molecule has 0 saturated heterocycles. The lowest BCUT2D eigenvalue weighted by Gasteiger charge is -2.16. The smallest absolute Gasteiger partial charge is 0.243 e. The number of carbonyl (C=O) groups is 1. The molecule has 0 saturated carbocycles. The van der Waals surface area contributed by atoms with Crippen LogP contribution in [0.4, 0.5) is 5.69 Å². The van der Waals surface area contributed by atoms with Gasteiger partial charge in [0.05, 0.1) is 11.4 Å². The number of rotatable bonds is 5. The first-order valence-electron chi connectivity index (χ1n) is 6.56. The number of likely N-dealkylation sites (N-methyl/N-ethyl adjacent to an activating group) is 1. The van der Waals surface area contributed by atoms with Gasteiger partial charge in [-0.25, -0.2) is 8.42 Å². The van der Waals surface area contributed by atoms with Gasteiger partial charge in [0.2, 0.25) is 15.9 Å². The topological polar surface area (TPSA) is 92.5 Å². The van der Waals surface area contributed by atoms with Gasteiger partial charge < -0.3 is 9.84 Å². The number of nitrogens with zero attached hydrogens (tertiary/aromatic N) is 2. The summed E-state index contributed by atoms with van der Waals surface area (Å²) < 4.78 is 30.6. The zero-order valence-electron chi connectivity index (χ0n) is 12.5. The number of aryl methyl sites for hydroxylation is 2. The molecule has 1 N–H and O–H groups in total. The zero-order chi connectivity index (χ0) is 16.3. The molecule has 0 unspecified atom stereocenters. The lowest BCUT2D eigenvalue weighted by molar-refractivity contribution is -0.116. The molecule has 1 amide bonds. The molecule has 0 bridgehead atoms. The summed E-state index contributed by atoms with van der Waals surface area (Å²) in [5, 5.41) is 6.33. The minimum absolute atomic E-state index is 0.141. The summed E-state index contributed by atoms with van der Waals surface area (Å²) >= 11 is 0.